The van der Waals surface area contributed by atoms with Gasteiger partial charge in [-0.15, -0.1) is 0 Å². The van der Waals surface area contributed by atoms with E-state index in [0.717, 1.165) is 0 Å². The van der Waals surface area contributed by atoms with Crippen LogP contribution >= 0.6 is 0 Å². The summed E-state index contributed by atoms with van der Waals surface area (Å²) in [4.78, 5) is 12.5. The van der Waals surface area contributed by atoms with Crippen LogP contribution in [0.2, 0.25) is 0 Å². The molecule has 1 aromatic rings. The van der Waals surface area contributed by atoms with Crippen molar-refractivity contribution in [2.45, 2.75) is 25.8 Å². The molecule has 1 aliphatic heterocycles. The number of hydrogen-bond acceptors (Lipinski definition) is 2. The molecule has 4 heteroatoms. The molecule has 0 saturated carbocycles. The summed E-state index contributed by atoms with van der Waals surface area (Å²) in [6, 6.07) is 8.51. The van der Waals surface area contributed by atoms with E-state index >= 15 is 0 Å². The van der Waals surface area contributed by atoms with E-state index in [1.807, 2.05) is 6.07 Å². The lowest BCUT2D eigenvalue weighted by Gasteiger charge is -2.32. The van der Waals surface area contributed by atoms with Crippen LogP contribution in [0, 0.1) is 0 Å². The predicted octanol–water partition coefficient (Wildman–Crippen LogP) is 2.43. The van der Waals surface area contributed by atoms with Crippen molar-refractivity contribution in [1.29, 1.82) is 0 Å². The molecular formula is C14H20N2O2. The highest BCUT2D eigenvalue weighted by molar-refractivity contribution is 5.65. The quantitative estimate of drug-likeness (QED) is 0.845. The molecule has 2 N–H and O–H groups in total. The SMILES string of the molecule is CC(C)c1cccc(C2CN(C(=O)O)CCN2)c1. The zero-order valence-corrected chi connectivity index (χ0v) is 10.9. The van der Waals surface area contributed by atoms with Crippen LogP contribution in [-0.4, -0.2) is 35.7 Å². The van der Waals surface area contributed by atoms with Gasteiger partial charge < -0.3 is 15.3 Å². The van der Waals surface area contributed by atoms with Crippen molar-refractivity contribution < 1.29 is 9.90 Å². The fraction of sp³-hybridized carbons (Fsp3) is 0.500. The molecule has 18 heavy (non-hydrogen) atoms. The number of rotatable bonds is 2. The van der Waals surface area contributed by atoms with Crippen molar-refractivity contribution in [2.24, 2.45) is 0 Å². The Kier molecular flexibility index (Phi) is 3.87. The first-order valence-corrected chi connectivity index (χ1v) is 6.39. The van der Waals surface area contributed by atoms with Crippen LogP contribution in [0.15, 0.2) is 24.3 Å². The maximum absolute atomic E-state index is 11.0. The molecule has 1 fully saturated rings. The van der Waals surface area contributed by atoms with Crippen molar-refractivity contribution in [1.82, 2.24) is 10.2 Å². The summed E-state index contributed by atoms with van der Waals surface area (Å²) in [5.74, 6) is 0.490. The van der Waals surface area contributed by atoms with Gasteiger partial charge in [-0.2, -0.15) is 0 Å². The molecule has 0 bridgehead atoms. The number of benzene rings is 1. The smallest absolute Gasteiger partial charge is 0.407 e. The molecule has 1 atom stereocenters. The minimum absolute atomic E-state index is 0.105. The fourth-order valence-corrected chi connectivity index (χ4v) is 2.28. The third kappa shape index (κ3) is 2.82. The Morgan fingerprint density at radius 1 is 1.50 bits per heavy atom. The van der Waals surface area contributed by atoms with Gasteiger partial charge in [-0.05, 0) is 17.0 Å². The monoisotopic (exact) mass is 248 g/mol. The molecule has 1 aliphatic rings. The van der Waals surface area contributed by atoms with Gasteiger partial charge in [0, 0.05) is 19.6 Å². The number of piperazine rings is 1. The molecule has 0 aliphatic carbocycles. The molecule has 0 radical (unpaired) electrons. The van der Waals surface area contributed by atoms with E-state index in [1.54, 1.807) is 0 Å². The Morgan fingerprint density at radius 2 is 2.28 bits per heavy atom. The zero-order valence-electron chi connectivity index (χ0n) is 10.9. The van der Waals surface area contributed by atoms with Gasteiger partial charge in [0.15, 0.2) is 0 Å². The molecule has 1 amide bonds. The molecule has 0 spiro atoms. The lowest BCUT2D eigenvalue weighted by Crippen LogP contribution is -2.47. The Labute approximate surface area is 108 Å². The molecule has 4 nitrogen and oxygen atoms in total. The molecule has 98 valence electrons. The summed E-state index contributed by atoms with van der Waals surface area (Å²) in [5, 5.41) is 12.4. The van der Waals surface area contributed by atoms with Crippen molar-refractivity contribution in [3.63, 3.8) is 0 Å². The molecule has 1 unspecified atom stereocenters. The second-order valence-electron chi connectivity index (χ2n) is 5.06. The second-order valence-corrected chi connectivity index (χ2v) is 5.06. The predicted molar refractivity (Wildman–Crippen MR) is 70.9 cm³/mol. The fourth-order valence-electron chi connectivity index (χ4n) is 2.28. The third-order valence-corrected chi connectivity index (χ3v) is 3.43. The second kappa shape index (κ2) is 5.40. The number of carboxylic acid groups (broad SMARTS) is 1. The first-order valence-electron chi connectivity index (χ1n) is 6.39. The molecule has 1 saturated heterocycles. The van der Waals surface area contributed by atoms with Crippen molar-refractivity contribution in [2.75, 3.05) is 19.6 Å². The normalized spacial score (nSPS) is 20.2. The van der Waals surface area contributed by atoms with Crippen LogP contribution in [0.1, 0.15) is 36.9 Å². The summed E-state index contributed by atoms with van der Waals surface area (Å²) in [6.45, 7) is 6.13. The number of nitrogens with one attached hydrogen (secondary N) is 1. The van der Waals surface area contributed by atoms with E-state index in [1.165, 1.54) is 16.0 Å². The Balaban J connectivity index is 2.15. The van der Waals surface area contributed by atoms with Crippen molar-refractivity contribution in [3.05, 3.63) is 35.4 Å². The third-order valence-electron chi connectivity index (χ3n) is 3.43. The number of nitrogens with zero attached hydrogens (tertiary/aromatic N) is 1. The zero-order chi connectivity index (χ0) is 13.1. The molecule has 1 heterocycles. The van der Waals surface area contributed by atoms with Crippen LogP contribution in [0.4, 0.5) is 4.79 Å². The highest BCUT2D eigenvalue weighted by atomic mass is 16.4. The maximum Gasteiger partial charge on any atom is 0.407 e. The Hall–Kier alpha value is -1.55. The van der Waals surface area contributed by atoms with Crippen LogP contribution in [-0.2, 0) is 0 Å². The average Bonchev–Trinajstić information content (AvgIpc) is 2.39. The summed E-state index contributed by atoms with van der Waals surface area (Å²) in [7, 11) is 0. The molecular weight excluding hydrogens is 228 g/mol. The van der Waals surface area contributed by atoms with Crippen molar-refractivity contribution in [3.8, 4) is 0 Å². The first kappa shape index (κ1) is 12.9. The number of amides is 1. The summed E-state index contributed by atoms with van der Waals surface area (Å²) < 4.78 is 0. The van der Waals surface area contributed by atoms with Gasteiger partial charge in [0.25, 0.3) is 0 Å². The van der Waals surface area contributed by atoms with Crippen LogP contribution < -0.4 is 5.32 Å². The Morgan fingerprint density at radius 3 is 2.94 bits per heavy atom. The van der Waals surface area contributed by atoms with E-state index < -0.39 is 6.09 Å². The van der Waals surface area contributed by atoms with E-state index in [0.29, 0.717) is 25.6 Å². The molecule has 1 aromatic carbocycles. The lowest BCUT2D eigenvalue weighted by atomic mass is 9.97. The highest BCUT2D eigenvalue weighted by Gasteiger charge is 2.23. The maximum atomic E-state index is 11.0. The minimum atomic E-state index is -0.832. The largest absolute Gasteiger partial charge is 0.465 e. The van der Waals surface area contributed by atoms with Gasteiger partial charge in [0.2, 0.25) is 0 Å². The number of carbonyl (C=O) groups is 1. The van der Waals surface area contributed by atoms with Gasteiger partial charge in [0.05, 0.1) is 6.04 Å². The van der Waals surface area contributed by atoms with E-state index in [9.17, 15) is 4.79 Å². The van der Waals surface area contributed by atoms with Crippen LogP contribution in [0.25, 0.3) is 0 Å². The van der Waals surface area contributed by atoms with Crippen LogP contribution in [0.5, 0.6) is 0 Å². The summed E-state index contributed by atoms with van der Waals surface area (Å²) in [6.07, 6.45) is -0.832. The summed E-state index contributed by atoms with van der Waals surface area (Å²) in [5.41, 5.74) is 2.47. The number of hydrogen-bond donors (Lipinski definition) is 2. The van der Waals surface area contributed by atoms with Crippen LogP contribution in [0.3, 0.4) is 0 Å². The minimum Gasteiger partial charge on any atom is -0.465 e. The summed E-state index contributed by atoms with van der Waals surface area (Å²) >= 11 is 0. The van der Waals surface area contributed by atoms with Gasteiger partial charge >= 0.3 is 6.09 Å². The highest BCUT2D eigenvalue weighted by Crippen LogP contribution is 2.22. The van der Waals surface area contributed by atoms with Crippen molar-refractivity contribution >= 4 is 6.09 Å². The van der Waals surface area contributed by atoms with Gasteiger partial charge in [0.1, 0.15) is 0 Å². The van der Waals surface area contributed by atoms with Gasteiger partial charge in [-0.3, -0.25) is 0 Å². The van der Waals surface area contributed by atoms with E-state index in [-0.39, 0.29) is 6.04 Å². The van der Waals surface area contributed by atoms with E-state index in [2.05, 4.69) is 37.4 Å². The Bertz CT molecular complexity index is 432. The topological polar surface area (TPSA) is 52.6 Å². The molecule has 2 rings (SSSR count). The molecule has 0 aromatic heterocycles. The average molecular weight is 248 g/mol. The lowest BCUT2D eigenvalue weighted by molar-refractivity contribution is 0.129. The van der Waals surface area contributed by atoms with Gasteiger partial charge in [-0.25, -0.2) is 4.79 Å². The standard InChI is InChI=1S/C14H20N2O2/c1-10(2)11-4-3-5-12(8-11)13-9-16(14(17)18)7-6-15-13/h3-5,8,10,13,15H,6-7,9H2,1-2H3,(H,17,18). The first-order chi connectivity index (χ1) is 8.58. The van der Waals surface area contributed by atoms with E-state index in [4.69, 9.17) is 5.11 Å². The van der Waals surface area contributed by atoms with Gasteiger partial charge in [-0.1, -0.05) is 38.1 Å².